The minimum atomic E-state index is -0.450. The van der Waals surface area contributed by atoms with E-state index in [9.17, 15) is 9.59 Å². The van der Waals surface area contributed by atoms with Gasteiger partial charge in [0.15, 0.2) is 0 Å². The van der Waals surface area contributed by atoms with Crippen LogP contribution in [0.25, 0.3) is 21.7 Å². The molecule has 0 aliphatic heterocycles. The average Bonchev–Trinajstić information content (AvgIpc) is 2.61. The number of fused-ring (bicyclic) bond motifs is 5. The molecular formula is C20H20N2O3. The maximum Gasteiger partial charge on any atom is 0.347 e. The van der Waals surface area contributed by atoms with Gasteiger partial charge in [-0.15, -0.1) is 0 Å². The number of pyridine rings is 1. The van der Waals surface area contributed by atoms with Crippen LogP contribution >= 0.6 is 0 Å². The largest absolute Gasteiger partial charge is 0.422 e. The van der Waals surface area contributed by atoms with Crippen LogP contribution in [0.3, 0.4) is 0 Å². The highest BCUT2D eigenvalue weighted by molar-refractivity contribution is 6.11. The van der Waals surface area contributed by atoms with Crippen LogP contribution in [0, 0.1) is 5.92 Å². The van der Waals surface area contributed by atoms with Crippen molar-refractivity contribution in [2.24, 2.45) is 5.92 Å². The fourth-order valence-electron chi connectivity index (χ4n) is 3.65. The summed E-state index contributed by atoms with van der Waals surface area (Å²) in [5, 5.41) is 4.96. The van der Waals surface area contributed by atoms with Gasteiger partial charge >= 0.3 is 5.63 Å². The van der Waals surface area contributed by atoms with E-state index in [2.05, 4.69) is 17.2 Å². The van der Waals surface area contributed by atoms with Crippen molar-refractivity contribution in [3.05, 3.63) is 45.9 Å². The number of anilines is 1. The number of hydrogen-bond acceptors (Lipinski definition) is 4. The lowest BCUT2D eigenvalue weighted by atomic mass is 9.84. The first-order chi connectivity index (χ1) is 12.1. The average molecular weight is 336 g/mol. The van der Waals surface area contributed by atoms with Crippen LogP contribution in [0.2, 0.25) is 0 Å². The Labute approximate surface area is 145 Å². The van der Waals surface area contributed by atoms with E-state index in [4.69, 9.17) is 4.42 Å². The number of rotatable bonds is 2. The van der Waals surface area contributed by atoms with E-state index in [0.717, 1.165) is 41.3 Å². The summed E-state index contributed by atoms with van der Waals surface area (Å²) in [6.07, 6.45) is 3.13. The minimum absolute atomic E-state index is 0.162. The van der Waals surface area contributed by atoms with Crippen molar-refractivity contribution >= 4 is 33.5 Å². The van der Waals surface area contributed by atoms with Gasteiger partial charge in [0, 0.05) is 22.9 Å². The topological polar surface area (TPSA) is 72.2 Å². The lowest BCUT2D eigenvalue weighted by molar-refractivity contribution is -0.115. The molecule has 2 heterocycles. The molecule has 2 aromatic heterocycles. The third-order valence-electron chi connectivity index (χ3n) is 4.95. The number of hydrogen-bond donors (Lipinski definition) is 1. The molecule has 1 N–H and O–H groups in total. The van der Waals surface area contributed by atoms with Crippen LogP contribution in [0.15, 0.2) is 33.5 Å². The number of carbonyl (C=O) groups excluding carboxylic acids is 1. The Kier molecular flexibility index (Phi) is 3.79. The lowest BCUT2D eigenvalue weighted by Crippen LogP contribution is -2.19. The standard InChI is InChI=1S/C20H20N2O3/c1-3-16(23)22-19-18-17(13-10-11(2)8-9-14(13)21-19)12-6-4-5-7-15(12)25-20(18)24/h4-7,11H,3,8-10H2,1-2H3,(H,21,22,23)/t11-/m1/s1. The third-order valence-corrected chi connectivity index (χ3v) is 4.95. The van der Waals surface area contributed by atoms with Crippen LogP contribution in [-0.4, -0.2) is 10.9 Å². The molecule has 0 radical (unpaired) electrons. The van der Waals surface area contributed by atoms with E-state index in [1.165, 1.54) is 0 Å². The van der Waals surface area contributed by atoms with Crippen LogP contribution in [0.5, 0.6) is 0 Å². The van der Waals surface area contributed by atoms with Gasteiger partial charge in [0.2, 0.25) is 5.91 Å². The summed E-state index contributed by atoms with van der Waals surface area (Å²) in [6.45, 7) is 3.99. The van der Waals surface area contributed by atoms with Gasteiger partial charge in [-0.05, 0) is 36.8 Å². The van der Waals surface area contributed by atoms with Gasteiger partial charge in [-0.2, -0.15) is 0 Å². The molecule has 1 amide bonds. The van der Waals surface area contributed by atoms with Gasteiger partial charge in [-0.25, -0.2) is 9.78 Å². The van der Waals surface area contributed by atoms with E-state index >= 15 is 0 Å². The molecule has 4 rings (SSSR count). The summed E-state index contributed by atoms with van der Waals surface area (Å²) in [5.41, 5.74) is 2.22. The van der Waals surface area contributed by atoms with Crippen molar-refractivity contribution in [1.29, 1.82) is 0 Å². The van der Waals surface area contributed by atoms with E-state index in [-0.39, 0.29) is 5.91 Å². The van der Waals surface area contributed by atoms with Gasteiger partial charge < -0.3 is 9.73 Å². The SMILES string of the molecule is CCC(=O)Nc1nc2c(c3c1c(=O)oc1ccccc13)C[C@H](C)CC2. The molecule has 0 fully saturated rings. The zero-order chi connectivity index (χ0) is 17.6. The highest BCUT2D eigenvalue weighted by Crippen LogP contribution is 2.36. The van der Waals surface area contributed by atoms with Crippen LogP contribution < -0.4 is 10.9 Å². The van der Waals surface area contributed by atoms with Crippen molar-refractivity contribution in [3.8, 4) is 0 Å². The second-order valence-electron chi connectivity index (χ2n) is 6.77. The number of amides is 1. The maximum atomic E-state index is 12.7. The summed E-state index contributed by atoms with van der Waals surface area (Å²) >= 11 is 0. The van der Waals surface area contributed by atoms with Crippen molar-refractivity contribution in [1.82, 2.24) is 4.98 Å². The van der Waals surface area contributed by atoms with Crippen molar-refractivity contribution in [2.45, 2.75) is 39.5 Å². The zero-order valence-corrected chi connectivity index (χ0v) is 14.4. The predicted molar refractivity (Wildman–Crippen MR) is 97.9 cm³/mol. The normalized spacial score (nSPS) is 16.8. The molecule has 128 valence electrons. The number of carbonyl (C=O) groups is 1. The second-order valence-corrected chi connectivity index (χ2v) is 6.77. The van der Waals surface area contributed by atoms with E-state index < -0.39 is 5.63 Å². The third kappa shape index (κ3) is 2.60. The second kappa shape index (κ2) is 5.99. The fraction of sp³-hybridized carbons (Fsp3) is 0.350. The van der Waals surface area contributed by atoms with Gasteiger partial charge in [0.1, 0.15) is 16.8 Å². The van der Waals surface area contributed by atoms with Crippen molar-refractivity contribution in [3.63, 3.8) is 0 Å². The molecule has 0 saturated carbocycles. The first-order valence-electron chi connectivity index (χ1n) is 8.75. The first kappa shape index (κ1) is 15.8. The Morgan fingerprint density at radius 2 is 2.12 bits per heavy atom. The van der Waals surface area contributed by atoms with E-state index in [1.807, 2.05) is 18.2 Å². The zero-order valence-electron chi connectivity index (χ0n) is 14.4. The Bertz CT molecular complexity index is 1050. The smallest absolute Gasteiger partial charge is 0.347 e. The predicted octanol–water partition coefficient (Wildman–Crippen LogP) is 3.81. The molecule has 5 heteroatoms. The van der Waals surface area contributed by atoms with E-state index in [1.54, 1.807) is 13.0 Å². The number of aryl methyl sites for hydroxylation is 1. The summed E-state index contributed by atoms with van der Waals surface area (Å²) in [7, 11) is 0. The van der Waals surface area contributed by atoms with Gasteiger partial charge in [0.25, 0.3) is 0 Å². The van der Waals surface area contributed by atoms with Crippen LogP contribution in [0.1, 0.15) is 37.9 Å². The molecule has 0 spiro atoms. The van der Waals surface area contributed by atoms with Crippen molar-refractivity contribution < 1.29 is 9.21 Å². The Morgan fingerprint density at radius 1 is 1.32 bits per heavy atom. The molecule has 1 aliphatic rings. The summed E-state index contributed by atoms with van der Waals surface area (Å²) in [5.74, 6) is 0.708. The fourth-order valence-corrected chi connectivity index (χ4v) is 3.65. The highest BCUT2D eigenvalue weighted by atomic mass is 16.4. The molecule has 0 saturated heterocycles. The van der Waals surface area contributed by atoms with Crippen LogP contribution in [-0.2, 0) is 17.6 Å². The number of nitrogens with zero attached hydrogens (tertiary/aromatic N) is 1. The van der Waals surface area contributed by atoms with Gasteiger partial charge in [-0.1, -0.05) is 32.0 Å². The van der Waals surface area contributed by atoms with Gasteiger partial charge in [-0.3, -0.25) is 4.79 Å². The summed E-state index contributed by atoms with van der Waals surface area (Å²) in [6, 6.07) is 7.56. The number of nitrogens with one attached hydrogen (secondary N) is 1. The van der Waals surface area contributed by atoms with E-state index in [0.29, 0.717) is 29.1 Å². The molecule has 1 aliphatic carbocycles. The summed E-state index contributed by atoms with van der Waals surface area (Å²) < 4.78 is 5.50. The quantitative estimate of drug-likeness (QED) is 0.570. The highest BCUT2D eigenvalue weighted by Gasteiger charge is 2.25. The lowest BCUT2D eigenvalue weighted by Gasteiger charge is -2.24. The summed E-state index contributed by atoms with van der Waals surface area (Å²) in [4.78, 5) is 29.3. The molecule has 0 unspecified atom stereocenters. The minimum Gasteiger partial charge on any atom is -0.422 e. The Hall–Kier alpha value is -2.69. The molecule has 1 atom stereocenters. The number of aromatic nitrogens is 1. The van der Waals surface area contributed by atoms with Crippen molar-refractivity contribution in [2.75, 3.05) is 5.32 Å². The molecule has 3 aromatic rings. The first-order valence-corrected chi connectivity index (χ1v) is 8.75. The Morgan fingerprint density at radius 3 is 2.92 bits per heavy atom. The monoisotopic (exact) mass is 336 g/mol. The Balaban J connectivity index is 2.14. The molecule has 1 aromatic carbocycles. The molecule has 5 nitrogen and oxygen atoms in total. The molecular weight excluding hydrogens is 316 g/mol. The maximum absolute atomic E-state index is 12.7. The molecule has 25 heavy (non-hydrogen) atoms. The van der Waals surface area contributed by atoms with Gasteiger partial charge in [0.05, 0.1) is 0 Å². The number of para-hydroxylation sites is 1. The number of benzene rings is 1. The molecule has 0 bridgehead atoms. The van der Waals surface area contributed by atoms with Crippen LogP contribution in [0.4, 0.5) is 5.82 Å².